The van der Waals surface area contributed by atoms with Gasteiger partial charge >= 0.3 is 0 Å². The molecule has 45 heavy (non-hydrogen) atoms. The van der Waals surface area contributed by atoms with Gasteiger partial charge in [0.05, 0.1) is 22.1 Å². The Morgan fingerprint density at radius 1 is 0.378 bits per heavy atom. The first-order chi connectivity index (χ1) is 22.3. The largest absolute Gasteiger partial charge is 0.309 e. The highest BCUT2D eigenvalue weighted by Crippen LogP contribution is 2.47. The number of rotatable bonds is 3. The van der Waals surface area contributed by atoms with Gasteiger partial charge in [-0.1, -0.05) is 109 Å². The van der Waals surface area contributed by atoms with Gasteiger partial charge in [0.2, 0.25) is 0 Å². The Kier molecular flexibility index (Phi) is 5.19. The van der Waals surface area contributed by atoms with Crippen molar-refractivity contribution in [3.8, 4) is 22.5 Å². The average Bonchev–Trinajstić information content (AvgIpc) is 3.76. The molecule has 0 saturated carbocycles. The third kappa shape index (κ3) is 3.50. The Bertz CT molecular complexity index is 2740. The predicted molar refractivity (Wildman–Crippen MR) is 193 cm³/mol. The van der Waals surface area contributed by atoms with Crippen LogP contribution in [0.4, 0.5) is 0 Å². The number of hydrogen-bond acceptors (Lipinski definition) is 1. The van der Waals surface area contributed by atoms with Gasteiger partial charge in [0.15, 0.2) is 0 Å². The summed E-state index contributed by atoms with van der Waals surface area (Å²) in [7, 11) is 0. The first kappa shape index (κ1) is 24.8. The van der Waals surface area contributed by atoms with Crippen LogP contribution in [-0.4, -0.2) is 9.13 Å². The van der Waals surface area contributed by atoms with E-state index < -0.39 is 0 Å². The summed E-state index contributed by atoms with van der Waals surface area (Å²) >= 11 is 1.92. The van der Waals surface area contributed by atoms with Crippen molar-refractivity contribution in [1.29, 1.82) is 0 Å². The molecule has 0 bridgehead atoms. The van der Waals surface area contributed by atoms with Gasteiger partial charge in [0.1, 0.15) is 0 Å². The minimum absolute atomic E-state index is 1.18. The maximum absolute atomic E-state index is 2.46. The standard InChI is InChI=1S/C42H26N2S/c1-3-12-27(13-4-1)28-14-11-17-30(26-28)43-36-21-10-8-19-33(36)39-37(43)24-22-34-40-38(45-42(34)39)25-23-32-31-18-7-9-20-35(31)44(41(32)40)29-15-5-2-6-16-29/h1-26H. The zero-order chi connectivity index (χ0) is 29.5. The lowest BCUT2D eigenvalue weighted by molar-refractivity contribution is 1.18. The number of fused-ring (bicyclic) bond motifs is 11. The molecule has 3 heteroatoms. The molecule has 0 N–H and O–H groups in total. The Morgan fingerprint density at radius 3 is 1.84 bits per heavy atom. The number of aromatic nitrogens is 2. The van der Waals surface area contributed by atoms with Crippen molar-refractivity contribution >= 4 is 75.1 Å². The van der Waals surface area contributed by atoms with Crippen LogP contribution in [0, 0.1) is 0 Å². The van der Waals surface area contributed by atoms with Gasteiger partial charge in [-0.3, -0.25) is 0 Å². The van der Waals surface area contributed by atoms with Crippen LogP contribution in [0.5, 0.6) is 0 Å². The van der Waals surface area contributed by atoms with E-state index in [0.29, 0.717) is 0 Å². The summed E-state index contributed by atoms with van der Waals surface area (Å²) in [4.78, 5) is 0. The minimum atomic E-state index is 1.18. The molecule has 10 rings (SSSR count). The van der Waals surface area contributed by atoms with E-state index >= 15 is 0 Å². The fourth-order valence-electron chi connectivity index (χ4n) is 7.40. The Hall–Kier alpha value is -5.64. The molecular formula is C42H26N2S. The van der Waals surface area contributed by atoms with Crippen molar-refractivity contribution in [2.75, 3.05) is 0 Å². The second kappa shape index (κ2) is 9.43. The fourth-order valence-corrected chi connectivity index (χ4v) is 8.67. The monoisotopic (exact) mass is 590 g/mol. The van der Waals surface area contributed by atoms with E-state index in [0.717, 1.165) is 0 Å². The topological polar surface area (TPSA) is 9.86 Å². The van der Waals surface area contributed by atoms with Crippen LogP contribution in [0.15, 0.2) is 158 Å². The summed E-state index contributed by atoms with van der Waals surface area (Å²) < 4.78 is 7.56. The zero-order valence-corrected chi connectivity index (χ0v) is 25.1. The first-order valence-electron chi connectivity index (χ1n) is 15.4. The van der Waals surface area contributed by atoms with Crippen molar-refractivity contribution in [2.45, 2.75) is 0 Å². The highest BCUT2D eigenvalue weighted by Gasteiger charge is 2.21. The molecule has 2 nitrogen and oxygen atoms in total. The quantitative estimate of drug-likeness (QED) is 0.194. The van der Waals surface area contributed by atoms with Gasteiger partial charge < -0.3 is 9.13 Å². The maximum atomic E-state index is 2.46. The zero-order valence-electron chi connectivity index (χ0n) is 24.3. The highest BCUT2D eigenvalue weighted by molar-refractivity contribution is 7.27. The van der Waals surface area contributed by atoms with E-state index in [4.69, 9.17) is 0 Å². The van der Waals surface area contributed by atoms with Crippen LogP contribution in [0.3, 0.4) is 0 Å². The average molecular weight is 591 g/mol. The Labute approximate surface area is 263 Å². The van der Waals surface area contributed by atoms with E-state index in [9.17, 15) is 0 Å². The minimum Gasteiger partial charge on any atom is -0.309 e. The van der Waals surface area contributed by atoms with Gasteiger partial charge in [0.25, 0.3) is 0 Å². The maximum Gasteiger partial charge on any atom is 0.0634 e. The summed E-state index contributed by atoms with van der Waals surface area (Å²) in [5.74, 6) is 0. The molecule has 0 aliphatic heterocycles. The van der Waals surface area contributed by atoms with E-state index in [1.807, 2.05) is 11.3 Å². The number of thiophene rings is 1. The van der Waals surface area contributed by atoms with Gasteiger partial charge in [0, 0.05) is 53.1 Å². The van der Waals surface area contributed by atoms with Crippen molar-refractivity contribution in [3.05, 3.63) is 158 Å². The van der Waals surface area contributed by atoms with Crippen molar-refractivity contribution in [1.82, 2.24) is 9.13 Å². The molecule has 0 spiro atoms. The van der Waals surface area contributed by atoms with Crippen molar-refractivity contribution < 1.29 is 0 Å². The van der Waals surface area contributed by atoms with Crippen LogP contribution < -0.4 is 0 Å². The van der Waals surface area contributed by atoms with E-state index in [-0.39, 0.29) is 0 Å². The summed E-state index contributed by atoms with van der Waals surface area (Å²) in [6, 6.07) is 57.4. The van der Waals surface area contributed by atoms with E-state index in [1.54, 1.807) is 0 Å². The Balaban J connectivity index is 1.33. The molecule has 0 saturated heterocycles. The molecule has 3 heterocycles. The lowest BCUT2D eigenvalue weighted by atomic mass is 10.0. The molecule has 0 radical (unpaired) electrons. The molecule has 0 aliphatic carbocycles. The smallest absolute Gasteiger partial charge is 0.0634 e. The molecule has 0 fully saturated rings. The number of nitrogens with zero attached hydrogens (tertiary/aromatic N) is 2. The highest BCUT2D eigenvalue weighted by atomic mass is 32.1. The molecule has 0 unspecified atom stereocenters. The van der Waals surface area contributed by atoms with Crippen LogP contribution in [-0.2, 0) is 0 Å². The molecular weight excluding hydrogens is 565 g/mol. The summed E-state index contributed by atoms with van der Waals surface area (Å²) in [5, 5.41) is 7.83. The number of para-hydroxylation sites is 3. The molecule has 0 amide bonds. The molecule has 3 aromatic heterocycles. The number of hydrogen-bond donors (Lipinski definition) is 0. The molecule has 7 aromatic carbocycles. The van der Waals surface area contributed by atoms with Gasteiger partial charge in [-0.15, -0.1) is 11.3 Å². The fraction of sp³-hybridized carbons (Fsp3) is 0. The van der Waals surface area contributed by atoms with Crippen LogP contribution in [0.1, 0.15) is 0 Å². The van der Waals surface area contributed by atoms with Crippen LogP contribution in [0.25, 0.3) is 86.3 Å². The second-order valence-electron chi connectivity index (χ2n) is 11.7. The van der Waals surface area contributed by atoms with Crippen molar-refractivity contribution in [3.63, 3.8) is 0 Å². The summed E-state index contributed by atoms with van der Waals surface area (Å²) in [6.45, 7) is 0. The van der Waals surface area contributed by atoms with Gasteiger partial charge in [-0.05, 0) is 59.7 Å². The molecule has 0 aliphatic rings. The van der Waals surface area contributed by atoms with Crippen molar-refractivity contribution in [2.24, 2.45) is 0 Å². The van der Waals surface area contributed by atoms with Gasteiger partial charge in [-0.2, -0.15) is 0 Å². The molecule has 210 valence electrons. The Morgan fingerprint density at radius 2 is 1.02 bits per heavy atom. The van der Waals surface area contributed by atoms with E-state index in [1.165, 1.54) is 86.3 Å². The normalized spacial score (nSPS) is 12.0. The predicted octanol–water partition coefficient (Wildman–Crippen LogP) is 11.9. The van der Waals surface area contributed by atoms with Crippen LogP contribution >= 0.6 is 11.3 Å². The molecule has 10 aromatic rings. The van der Waals surface area contributed by atoms with Gasteiger partial charge in [-0.25, -0.2) is 0 Å². The van der Waals surface area contributed by atoms with E-state index in [2.05, 4.69) is 167 Å². The molecule has 0 atom stereocenters. The summed E-state index contributed by atoms with van der Waals surface area (Å²) in [5.41, 5.74) is 9.79. The third-order valence-corrected chi connectivity index (χ3v) is 10.5. The lowest BCUT2D eigenvalue weighted by Gasteiger charge is -2.10. The first-order valence-corrected chi connectivity index (χ1v) is 16.2. The summed E-state index contributed by atoms with van der Waals surface area (Å²) in [6.07, 6.45) is 0. The lowest BCUT2D eigenvalue weighted by Crippen LogP contribution is -1.94. The third-order valence-electron chi connectivity index (χ3n) is 9.30. The second-order valence-corrected chi connectivity index (χ2v) is 12.8. The SMILES string of the molecule is c1ccc(-c2cccc(-n3c4ccccc4c4c5sc6ccc7c8ccccc8n(-c8ccccc8)c7c6c5ccc43)c2)cc1. The number of benzene rings is 7. The van der Waals surface area contributed by atoms with Crippen LogP contribution in [0.2, 0.25) is 0 Å².